The average Bonchev–Trinajstić information content (AvgIpc) is 2.60. The molecule has 74 valence electrons. The van der Waals surface area contributed by atoms with Gasteiger partial charge in [0.15, 0.2) is 0 Å². The van der Waals surface area contributed by atoms with Crippen LogP contribution in [0.25, 0.3) is 16.6 Å². The van der Waals surface area contributed by atoms with Gasteiger partial charge in [0.1, 0.15) is 5.15 Å². The number of hydrogen-bond donors (Lipinski definition) is 0. The summed E-state index contributed by atoms with van der Waals surface area (Å²) in [5.41, 5.74) is 4.25. The third-order valence-electron chi connectivity index (χ3n) is 2.57. The molecule has 3 rings (SSSR count). The molecule has 0 aliphatic rings. The van der Waals surface area contributed by atoms with Crippen LogP contribution >= 0.6 is 11.6 Å². The molecule has 0 N–H and O–H groups in total. The number of benzene rings is 1. The minimum atomic E-state index is 0.723. The maximum Gasteiger partial charge on any atom is 0.114 e. The van der Waals surface area contributed by atoms with Crippen LogP contribution in [0.2, 0.25) is 5.15 Å². The maximum atomic E-state index is 6.13. The van der Waals surface area contributed by atoms with E-state index in [-0.39, 0.29) is 0 Å². The molecule has 1 aromatic carbocycles. The van der Waals surface area contributed by atoms with Gasteiger partial charge in [0, 0.05) is 0 Å². The fraction of sp³-hybridized carbons (Fsp3) is 0.0833. The predicted octanol–water partition coefficient (Wildman–Crippen LogP) is 3.45. The zero-order chi connectivity index (χ0) is 10.4. The third-order valence-corrected chi connectivity index (χ3v) is 2.87. The van der Waals surface area contributed by atoms with Crippen LogP contribution in [0.5, 0.6) is 0 Å². The van der Waals surface area contributed by atoms with Gasteiger partial charge in [-0.1, -0.05) is 17.7 Å². The quantitative estimate of drug-likeness (QED) is 0.563. The average molecular weight is 217 g/mol. The topological polar surface area (TPSA) is 17.3 Å². The summed E-state index contributed by atoms with van der Waals surface area (Å²) in [6, 6.07) is 10.0. The van der Waals surface area contributed by atoms with Crippen molar-refractivity contribution in [1.29, 1.82) is 0 Å². The molecule has 15 heavy (non-hydrogen) atoms. The fourth-order valence-electron chi connectivity index (χ4n) is 1.84. The highest BCUT2D eigenvalue weighted by Crippen LogP contribution is 2.21. The standard InChI is InChI=1S/C12H9ClN2/c1-8-2-4-11-10(6-8)14-7-9-3-5-12(13)15(9)11/h2-7H,1H3. The van der Waals surface area contributed by atoms with E-state index in [0.717, 1.165) is 21.7 Å². The van der Waals surface area contributed by atoms with Crippen LogP contribution in [0, 0.1) is 6.92 Å². The normalized spacial score (nSPS) is 11.3. The van der Waals surface area contributed by atoms with Gasteiger partial charge in [0.25, 0.3) is 0 Å². The molecule has 2 heterocycles. The minimum Gasteiger partial charge on any atom is -0.297 e. The molecule has 0 amide bonds. The first-order valence-corrected chi connectivity index (χ1v) is 5.16. The number of aromatic nitrogens is 2. The van der Waals surface area contributed by atoms with Crippen LogP contribution < -0.4 is 0 Å². The van der Waals surface area contributed by atoms with Gasteiger partial charge in [0.05, 0.1) is 22.7 Å². The van der Waals surface area contributed by atoms with Gasteiger partial charge in [-0.2, -0.15) is 0 Å². The molecule has 2 aromatic heterocycles. The molecular formula is C12H9ClN2. The Balaban J connectivity index is 2.58. The first-order chi connectivity index (χ1) is 7.25. The highest BCUT2D eigenvalue weighted by Gasteiger charge is 2.04. The lowest BCUT2D eigenvalue weighted by atomic mass is 10.2. The molecule has 0 saturated heterocycles. The van der Waals surface area contributed by atoms with Crippen molar-refractivity contribution >= 4 is 28.2 Å². The summed E-state index contributed by atoms with van der Waals surface area (Å²) in [6.07, 6.45) is 1.84. The maximum absolute atomic E-state index is 6.13. The highest BCUT2D eigenvalue weighted by atomic mass is 35.5. The Morgan fingerprint density at radius 2 is 2.07 bits per heavy atom. The van der Waals surface area contributed by atoms with Gasteiger partial charge >= 0.3 is 0 Å². The van der Waals surface area contributed by atoms with Crippen LogP contribution in [0.1, 0.15) is 5.56 Å². The van der Waals surface area contributed by atoms with E-state index in [2.05, 4.69) is 30.1 Å². The van der Waals surface area contributed by atoms with Crippen molar-refractivity contribution in [2.75, 3.05) is 0 Å². The van der Waals surface area contributed by atoms with E-state index in [0.29, 0.717) is 0 Å². The fourth-order valence-corrected chi connectivity index (χ4v) is 2.09. The van der Waals surface area contributed by atoms with E-state index in [1.807, 2.05) is 22.7 Å². The second-order valence-electron chi connectivity index (χ2n) is 3.67. The van der Waals surface area contributed by atoms with Gasteiger partial charge < -0.3 is 0 Å². The number of hydrogen-bond acceptors (Lipinski definition) is 1. The van der Waals surface area contributed by atoms with Crippen LogP contribution in [0.15, 0.2) is 36.5 Å². The molecule has 0 fully saturated rings. The second-order valence-corrected chi connectivity index (χ2v) is 4.05. The monoisotopic (exact) mass is 216 g/mol. The van der Waals surface area contributed by atoms with Crippen molar-refractivity contribution in [2.24, 2.45) is 0 Å². The molecule has 0 saturated carbocycles. The van der Waals surface area contributed by atoms with Crippen LogP contribution in [0.4, 0.5) is 0 Å². The minimum absolute atomic E-state index is 0.723. The second kappa shape index (κ2) is 2.97. The van der Waals surface area contributed by atoms with Gasteiger partial charge in [-0.05, 0) is 36.8 Å². The van der Waals surface area contributed by atoms with Crippen molar-refractivity contribution < 1.29 is 0 Å². The summed E-state index contributed by atoms with van der Waals surface area (Å²) < 4.78 is 2.00. The van der Waals surface area contributed by atoms with Crippen LogP contribution in [-0.2, 0) is 0 Å². The van der Waals surface area contributed by atoms with Gasteiger partial charge in [-0.25, -0.2) is 0 Å². The van der Waals surface area contributed by atoms with Crippen molar-refractivity contribution in [2.45, 2.75) is 6.92 Å². The summed E-state index contributed by atoms with van der Waals surface area (Å²) in [6.45, 7) is 2.06. The smallest absolute Gasteiger partial charge is 0.114 e. The van der Waals surface area contributed by atoms with Crippen molar-refractivity contribution in [3.05, 3.63) is 47.2 Å². The third kappa shape index (κ3) is 1.22. The zero-order valence-corrected chi connectivity index (χ0v) is 8.99. The molecule has 0 bridgehead atoms. The Hall–Kier alpha value is -1.54. The van der Waals surface area contributed by atoms with E-state index in [1.54, 1.807) is 0 Å². The lowest BCUT2D eigenvalue weighted by Crippen LogP contribution is -1.90. The Kier molecular flexibility index (Phi) is 1.73. The predicted molar refractivity (Wildman–Crippen MR) is 62.4 cm³/mol. The summed E-state index contributed by atoms with van der Waals surface area (Å²) in [5.74, 6) is 0. The van der Waals surface area contributed by atoms with Crippen LogP contribution in [-0.4, -0.2) is 9.38 Å². The molecule has 0 aliphatic carbocycles. The molecule has 0 radical (unpaired) electrons. The number of halogens is 1. The Morgan fingerprint density at radius 1 is 1.20 bits per heavy atom. The van der Waals surface area contributed by atoms with E-state index >= 15 is 0 Å². The Labute approximate surface area is 92.1 Å². The number of aryl methyl sites for hydroxylation is 1. The first-order valence-electron chi connectivity index (χ1n) is 4.78. The van der Waals surface area contributed by atoms with E-state index in [1.165, 1.54) is 5.56 Å². The number of rotatable bonds is 0. The molecule has 0 atom stereocenters. The lowest BCUT2D eigenvalue weighted by Gasteiger charge is -2.03. The first kappa shape index (κ1) is 8.74. The molecular weight excluding hydrogens is 208 g/mol. The molecule has 2 nitrogen and oxygen atoms in total. The van der Waals surface area contributed by atoms with Crippen LogP contribution in [0.3, 0.4) is 0 Å². The highest BCUT2D eigenvalue weighted by molar-refractivity contribution is 6.30. The molecule has 3 aromatic rings. The van der Waals surface area contributed by atoms with E-state index in [9.17, 15) is 0 Å². The van der Waals surface area contributed by atoms with Crippen molar-refractivity contribution in [3.8, 4) is 0 Å². The summed E-state index contributed by atoms with van der Waals surface area (Å²) in [7, 11) is 0. The molecule has 0 unspecified atom stereocenters. The largest absolute Gasteiger partial charge is 0.297 e. The Bertz CT molecular complexity index is 655. The van der Waals surface area contributed by atoms with Gasteiger partial charge in [-0.3, -0.25) is 9.38 Å². The SMILES string of the molecule is Cc1ccc2c(c1)ncc1ccc(Cl)n12. The van der Waals surface area contributed by atoms with E-state index < -0.39 is 0 Å². The molecule has 0 spiro atoms. The molecule has 0 aliphatic heterocycles. The lowest BCUT2D eigenvalue weighted by molar-refractivity contribution is 1.22. The van der Waals surface area contributed by atoms with E-state index in [4.69, 9.17) is 11.6 Å². The zero-order valence-electron chi connectivity index (χ0n) is 8.24. The van der Waals surface area contributed by atoms with Gasteiger partial charge in [-0.15, -0.1) is 0 Å². The van der Waals surface area contributed by atoms with Gasteiger partial charge in [0.2, 0.25) is 0 Å². The summed E-state index contributed by atoms with van der Waals surface area (Å²) in [5, 5.41) is 0.723. The van der Waals surface area contributed by atoms with Crippen molar-refractivity contribution in [1.82, 2.24) is 9.38 Å². The number of nitrogens with zero attached hydrogens (tertiary/aromatic N) is 2. The van der Waals surface area contributed by atoms with Crippen molar-refractivity contribution in [3.63, 3.8) is 0 Å². The Morgan fingerprint density at radius 3 is 2.93 bits per heavy atom. The summed E-state index contributed by atoms with van der Waals surface area (Å²) >= 11 is 6.13. The number of fused-ring (bicyclic) bond motifs is 3. The molecule has 3 heteroatoms. The summed E-state index contributed by atoms with van der Waals surface area (Å²) in [4.78, 5) is 4.40.